The standard InChI is InChI=1S/C27H43NO4S/c1-6-25(4)14-21(32-22(30)15-33-19-8-7-18(28)13-19)26(5)16(2)9-11-27(17(3)24(25)31)12-10-20(29)23(26)27/h6,16-19,21,23-24,31H,1,7-15,28H2,2-5H3/t16?,17-,18?,19?,21+,23?,24?,25+,26-,27?/m0/s1. The Labute approximate surface area is 203 Å². The molecule has 10 atom stereocenters. The Balaban J connectivity index is 1.66. The second kappa shape index (κ2) is 8.98. The number of carbonyl (C=O) groups is 2. The number of nitrogens with two attached hydrogens (primary N) is 1. The first-order chi connectivity index (χ1) is 15.5. The van der Waals surface area contributed by atoms with Crippen LogP contribution in [-0.2, 0) is 14.3 Å². The lowest BCUT2D eigenvalue weighted by atomic mass is 9.44. The van der Waals surface area contributed by atoms with Crippen LogP contribution in [0.2, 0.25) is 0 Å². The molecule has 4 aliphatic carbocycles. The smallest absolute Gasteiger partial charge is 0.316 e. The molecule has 3 N–H and O–H groups in total. The van der Waals surface area contributed by atoms with Gasteiger partial charge in [-0.2, -0.15) is 0 Å². The molecule has 4 rings (SSSR count). The van der Waals surface area contributed by atoms with E-state index in [1.54, 1.807) is 11.8 Å². The van der Waals surface area contributed by atoms with E-state index in [-0.39, 0.29) is 35.2 Å². The summed E-state index contributed by atoms with van der Waals surface area (Å²) in [4.78, 5) is 26.5. The number of aliphatic hydroxyl groups excluding tert-OH is 1. The van der Waals surface area contributed by atoms with Gasteiger partial charge in [-0.05, 0) is 62.2 Å². The number of rotatable bonds is 5. The first kappa shape index (κ1) is 25.2. The molecule has 2 bridgehead atoms. The fourth-order valence-corrected chi connectivity index (χ4v) is 9.13. The summed E-state index contributed by atoms with van der Waals surface area (Å²) in [5, 5.41) is 12.0. The van der Waals surface area contributed by atoms with Crippen LogP contribution in [0.3, 0.4) is 0 Å². The van der Waals surface area contributed by atoms with E-state index in [0.29, 0.717) is 29.6 Å². The van der Waals surface area contributed by atoms with Gasteiger partial charge < -0.3 is 15.6 Å². The van der Waals surface area contributed by atoms with Crippen LogP contribution in [0.25, 0.3) is 0 Å². The molecule has 0 amide bonds. The van der Waals surface area contributed by atoms with Crippen molar-refractivity contribution in [3.05, 3.63) is 12.7 Å². The van der Waals surface area contributed by atoms with Crippen LogP contribution in [-0.4, -0.2) is 46.1 Å². The van der Waals surface area contributed by atoms with Crippen LogP contribution < -0.4 is 5.73 Å². The fraction of sp³-hybridized carbons (Fsp3) is 0.852. The minimum atomic E-state index is -0.628. The molecule has 0 saturated heterocycles. The van der Waals surface area contributed by atoms with Crippen molar-refractivity contribution in [1.29, 1.82) is 0 Å². The van der Waals surface area contributed by atoms with Crippen molar-refractivity contribution in [2.45, 2.75) is 103 Å². The van der Waals surface area contributed by atoms with Crippen LogP contribution in [0.15, 0.2) is 12.7 Å². The summed E-state index contributed by atoms with van der Waals surface area (Å²) in [6.07, 6.45) is 7.63. The molecular weight excluding hydrogens is 434 g/mol. The Bertz CT molecular complexity index is 803. The van der Waals surface area contributed by atoms with E-state index in [1.807, 2.05) is 13.0 Å². The second-order valence-corrected chi connectivity index (χ2v) is 13.4. The highest BCUT2D eigenvalue weighted by Crippen LogP contribution is 2.68. The van der Waals surface area contributed by atoms with Gasteiger partial charge in [0.1, 0.15) is 11.9 Å². The van der Waals surface area contributed by atoms with Crippen molar-refractivity contribution in [2.24, 2.45) is 39.7 Å². The maximum absolute atomic E-state index is 13.4. The van der Waals surface area contributed by atoms with Crippen molar-refractivity contribution in [1.82, 2.24) is 0 Å². The van der Waals surface area contributed by atoms with Gasteiger partial charge >= 0.3 is 5.97 Å². The summed E-state index contributed by atoms with van der Waals surface area (Å²) in [6, 6.07) is 0.240. The Morgan fingerprint density at radius 2 is 2.00 bits per heavy atom. The quantitative estimate of drug-likeness (QED) is 0.447. The molecule has 0 aromatic carbocycles. The number of hydrogen-bond donors (Lipinski definition) is 2. The molecule has 5 nitrogen and oxygen atoms in total. The van der Waals surface area contributed by atoms with Gasteiger partial charge in [0.15, 0.2) is 0 Å². The Morgan fingerprint density at radius 1 is 1.27 bits per heavy atom. The average Bonchev–Trinajstić information content (AvgIpc) is 3.36. The number of hydrogen-bond acceptors (Lipinski definition) is 6. The number of thioether (sulfide) groups is 1. The number of aliphatic hydroxyl groups is 1. The van der Waals surface area contributed by atoms with Crippen LogP contribution >= 0.6 is 11.8 Å². The van der Waals surface area contributed by atoms with Gasteiger partial charge in [-0.25, -0.2) is 0 Å². The zero-order valence-corrected chi connectivity index (χ0v) is 21.7. The maximum Gasteiger partial charge on any atom is 0.316 e. The largest absolute Gasteiger partial charge is 0.461 e. The number of carbonyl (C=O) groups excluding carboxylic acids is 2. The average molecular weight is 478 g/mol. The summed E-state index contributed by atoms with van der Waals surface area (Å²) >= 11 is 1.65. The number of esters is 1. The third kappa shape index (κ3) is 4.02. The van der Waals surface area contributed by atoms with Crippen LogP contribution in [0.4, 0.5) is 0 Å². The van der Waals surface area contributed by atoms with Gasteiger partial charge in [0.25, 0.3) is 0 Å². The number of ether oxygens (including phenoxy) is 1. The molecule has 0 spiro atoms. The van der Waals surface area contributed by atoms with Gasteiger partial charge in [0.2, 0.25) is 0 Å². The second-order valence-electron chi connectivity index (χ2n) is 12.1. The van der Waals surface area contributed by atoms with Crippen molar-refractivity contribution in [2.75, 3.05) is 5.75 Å². The van der Waals surface area contributed by atoms with E-state index in [4.69, 9.17) is 10.5 Å². The normalized spacial score (nSPS) is 49.8. The van der Waals surface area contributed by atoms with Gasteiger partial charge in [0.05, 0.1) is 11.9 Å². The predicted octanol–water partition coefficient (Wildman–Crippen LogP) is 4.51. The monoisotopic (exact) mass is 477 g/mol. The molecule has 0 aromatic rings. The highest BCUT2D eigenvalue weighted by Gasteiger charge is 2.68. The van der Waals surface area contributed by atoms with Crippen molar-refractivity contribution >= 4 is 23.5 Å². The number of ketones is 1. The fourth-order valence-electron chi connectivity index (χ4n) is 8.00. The van der Waals surface area contributed by atoms with E-state index in [9.17, 15) is 14.7 Å². The molecule has 6 heteroatoms. The minimum absolute atomic E-state index is 0.0115. The lowest BCUT2D eigenvalue weighted by Crippen LogP contribution is -2.63. The molecule has 6 unspecified atom stereocenters. The molecule has 0 heterocycles. The summed E-state index contributed by atoms with van der Waals surface area (Å²) in [6.45, 7) is 12.6. The van der Waals surface area contributed by atoms with Crippen molar-refractivity contribution in [3.8, 4) is 0 Å². The summed E-state index contributed by atoms with van der Waals surface area (Å²) in [5.74, 6) is 0.461. The van der Waals surface area contributed by atoms with Gasteiger partial charge in [-0.1, -0.05) is 33.8 Å². The topological polar surface area (TPSA) is 89.6 Å². The molecule has 33 heavy (non-hydrogen) atoms. The SMILES string of the molecule is C=C[C@]1(C)C[C@@H](OC(=O)CSC2CCC(N)C2)[C@]2(C)C(C)CCC3(CCC(=O)C32)[C@@H](C)C1O. The molecule has 0 aliphatic heterocycles. The molecule has 4 aliphatic rings. The molecule has 0 aromatic heterocycles. The third-order valence-corrected chi connectivity index (χ3v) is 11.7. The molecule has 186 valence electrons. The Hall–Kier alpha value is -0.850. The molecule has 0 radical (unpaired) electrons. The number of Topliss-reactive ketones (excluding diaryl/α,β-unsaturated/α-hetero) is 1. The first-order valence-corrected chi connectivity index (χ1v) is 13.9. The lowest BCUT2D eigenvalue weighted by Gasteiger charge is -2.61. The zero-order valence-electron chi connectivity index (χ0n) is 20.8. The van der Waals surface area contributed by atoms with E-state index < -0.39 is 23.0 Å². The zero-order chi connectivity index (χ0) is 24.2. The van der Waals surface area contributed by atoms with Gasteiger partial charge in [-0.3, -0.25) is 9.59 Å². The summed E-state index contributed by atoms with van der Waals surface area (Å²) in [7, 11) is 0. The predicted molar refractivity (Wildman–Crippen MR) is 133 cm³/mol. The molecule has 4 fully saturated rings. The van der Waals surface area contributed by atoms with E-state index in [2.05, 4.69) is 27.4 Å². The Morgan fingerprint density at radius 3 is 2.64 bits per heavy atom. The Kier molecular flexibility index (Phi) is 6.87. The minimum Gasteiger partial charge on any atom is -0.461 e. The highest BCUT2D eigenvalue weighted by molar-refractivity contribution is 8.00. The van der Waals surface area contributed by atoms with Crippen LogP contribution in [0, 0.1) is 34.0 Å². The van der Waals surface area contributed by atoms with E-state index in [1.165, 1.54) is 0 Å². The van der Waals surface area contributed by atoms with Gasteiger partial charge in [0, 0.05) is 34.5 Å². The summed E-state index contributed by atoms with van der Waals surface area (Å²) in [5.41, 5.74) is 4.77. The van der Waals surface area contributed by atoms with E-state index in [0.717, 1.165) is 38.5 Å². The summed E-state index contributed by atoms with van der Waals surface area (Å²) < 4.78 is 6.30. The van der Waals surface area contributed by atoms with E-state index >= 15 is 0 Å². The van der Waals surface area contributed by atoms with Crippen molar-refractivity contribution < 1.29 is 19.4 Å². The van der Waals surface area contributed by atoms with Crippen LogP contribution in [0.5, 0.6) is 0 Å². The molecule has 4 saturated carbocycles. The maximum atomic E-state index is 13.4. The lowest BCUT2D eigenvalue weighted by molar-refractivity contribution is -0.205. The molecular formula is C27H43NO4S. The van der Waals surface area contributed by atoms with Crippen LogP contribution in [0.1, 0.15) is 79.1 Å². The highest BCUT2D eigenvalue weighted by atomic mass is 32.2. The first-order valence-electron chi connectivity index (χ1n) is 12.9. The van der Waals surface area contributed by atoms with Crippen molar-refractivity contribution in [3.63, 3.8) is 0 Å². The van der Waals surface area contributed by atoms with Gasteiger partial charge in [-0.15, -0.1) is 18.3 Å². The third-order valence-electron chi connectivity index (χ3n) is 10.4.